The van der Waals surface area contributed by atoms with Crippen molar-refractivity contribution < 1.29 is 14.6 Å². The van der Waals surface area contributed by atoms with Crippen LogP contribution in [-0.2, 0) is 9.53 Å². The van der Waals surface area contributed by atoms with Gasteiger partial charge >= 0.3 is 79.9 Å². The van der Waals surface area contributed by atoms with Crippen molar-refractivity contribution in [2.75, 3.05) is 0 Å². The van der Waals surface area contributed by atoms with E-state index < -0.39 is 5.97 Å². The van der Waals surface area contributed by atoms with E-state index in [1.165, 1.54) is 0 Å². The van der Waals surface area contributed by atoms with Crippen molar-refractivity contribution >= 4 is 40.0 Å². The van der Waals surface area contributed by atoms with Crippen LogP contribution in [0.3, 0.4) is 0 Å². The van der Waals surface area contributed by atoms with Crippen LogP contribution in [0.1, 0.15) is 13.8 Å². The predicted octanol–water partition coefficient (Wildman–Crippen LogP) is -0.126. The molecular weight excluding hydrogens is 278 g/mol. The molecule has 0 aromatic heterocycles. The normalized spacial score (nSPS) is 9.73. The van der Waals surface area contributed by atoms with Crippen LogP contribution in [0.5, 0.6) is 0 Å². The Morgan fingerprint density at radius 3 is 2.64 bits per heavy atom. The van der Waals surface area contributed by atoms with E-state index in [0.29, 0.717) is 0 Å². The van der Waals surface area contributed by atoms with E-state index in [1.54, 1.807) is 0 Å². The summed E-state index contributed by atoms with van der Waals surface area (Å²) in [5.41, 5.74) is 0. The Kier molecular flexibility index (Phi) is 5.88. The first-order chi connectivity index (χ1) is 5.02. The number of ether oxygens (including phenoxy) is 1. The molecule has 0 radical (unpaired) electrons. The van der Waals surface area contributed by atoms with Gasteiger partial charge in [-0.05, 0) is 0 Å². The van der Waals surface area contributed by atoms with Gasteiger partial charge in [0.15, 0.2) is 0 Å². The van der Waals surface area contributed by atoms with E-state index in [0.717, 1.165) is 3.50 Å². The molecule has 1 N–H and O–H groups in total. The van der Waals surface area contributed by atoms with Gasteiger partial charge in [-0.1, -0.05) is 0 Å². The number of carboxylic acid groups (broad SMARTS) is 1. The second-order valence-electron chi connectivity index (χ2n) is 2.10. The molecule has 0 heterocycles. The molecule has 0 saturated heterocycles. The molecule has 0 bridgehead atoms. The van der Waals surface area contributed by atoms with Crippen molar-refractivity contribution in [1.82, 2.24) is 0 Å². The summed E-state index contributed by atoms with van der Waals surface area (Å²) in [6.07, 6.45) is 0.127. The molecule has 11 heavy (non-hydrogen) atoms. The molecule has 0 aromatic rings. The topological polar surface area (TPSA) is 46.5 Å². The van der Waals surface area contributed by atoms with Crippen LogP contribution in [0.4, 0.5) is 0 Å². The van der Waals surface area contributed by atoms with E-state index >= 15 is 0 Å². The van der Waals surface area contributed by atoms with Gasteiger partial charge in [0.2, 0.25) is 0 Å². The fourth-order valence-corrected chi connectivity index (χ4v) is 2.45. The molecule has 64 valence electrons. The Bertz CT molecular complexity index is 156. The van der Waals surface area contributed by atoms with Crippen LogP contribution in [0, 0.1) is 0 Å². The van der Waals surface area contributed by atoms with Crippen molar-refractivity contribution in [3.05, 3.63) is 0 Å². The number of carboxylic acids is 1. The van der Waals surface area contributed by atoms with E-state index in [1.807, 2.05) is 13.8 Å². The number of rotatable bonds is 5. The summed E-state index contributed by atoms with van der Waals surface area (Å²) in [7, 11) is 0. The van der Waals surface area contributed by atoms with Gasteiger partial charge in [0.05, 0.1) is 0 Å². The number of aliphatic carboxylic acids is 1. The van der Waals surface area contributed by atoms with Crippen molar-refractivity contribution in [3.63, 3.8) is 0 Å². The summed E-state index contributed by atoms with van der Waals surface area (Å²) in [5.74, 6) is -0.773. The first-order valence-corrected chi connectivity index (χ1v) is 6.00. The maximum absolute atomic E-state index is 10.1. The Labute approximate surface area is 80.0 Å². The second-order valence-corrected chi connectivity index (χ2v) is 6.18. The average molecular weight is 288 g/mol. The molecule has 0 atom stereocenters. The molecule has 0 aromatic carbocycles. The fourth-order valence-electron chi connectivity index (χ4n) is 0.347. The molecule has 0 saturated carbocycles. The molecule has 0 aliphatic carbocycles. The molecule has 0 spiro atoms. The summed E-state index contributed by atoms with van der Waals surface area (Å²) >= 11 is 2.65. The number of carbonyl (C=O) groups is 1. The third-order valence-corrected chi connectivity index (χ3v) is 3.65. The van der Waals surface area contributed by atoms with Gasteiger partial charge in [-0.2, -0.15) is 0 Å². The molecule has 0 rings (SSSR count). The van der Waals surface area contributed by atoms with Crippen LogP contribution in [0.2, 0.25) is 5.32 Å². The predicted molar refractivity (Wildman–Crippen MR) is 45.2 cm³/mol. The zero-order valence-electron chi connectivity index (χ0n) is 6.36. The fraction of sp³-hybridized carbons (Fsp3) is 0.667. The van der Waals surface area contributed by atoms with Gasteiger partial charge in [0.25, 0.3) is 0 Å². The van der Waals surface area contributed by atoms with Crippen LogP contribution in [0.15, 0.2) is 0 Å². The Morgan fingerprint density at radius 1 is 1.73 bits per heavy atom. The maximum atomic E-state index is 10.1. The summed E-state index contributed by atoms with van der Waals surface area (Å²) in [4.78, 5) is 10.1. The van der Waals surface area contributed by atoms with Gasteiger partial charge in [-0.15, -0.1) is 0 Å². The summed E-state index contributed by atoms with van der Waals surface area (Å²) in [5, 5.41) is 8.51. The van der Waals surface area contributed by atoms with Crippen molar-refractivity contribution in [2.45, 2.75) is 25.3 Å². The first kappa shape index (κ1) is 11.2. The van der Waals surface area contributed by atoms with Gasteiger partial charge in [0, 0.05) is 0 Å². The Hall–Kier alpha value is 0.179. The Morgan fingerprint density at radius 2 is 2.27 bits per heavy atom. The molecule has 0 fully saturated rings. The van der Waals surface area contributed by atoms with Gasteiger partial charge in [-0.25, -0.2) is 0 Å². The SMILES string of the molecule is CC(C)OC(=[Se])[Se]CC(=O)O. The monoisotopic (exact) mass is 290 g/mol. The number of hydrogen-bond donors (Lipinski definition) is 1. The summed E-state index contributed by atoms with van der Waals surface area (Å²) in [6, 6.07) is 0. The third kappa shape index (κ3) is 8.08. The molecule has 0 aliphatic heterocycles. The molecule has 5 heteroatoms. The summed E-state index contributed by atoms with van der Waals surface area (Å²) in [6.45, 7) is 3.82. The second kappa shape index (κ2) is 5.78. The van der Waals surface area contributed by atoms with Crippen LogP contribution >= 0.6 is 0 Å². The average Bonchev–Trinajstić information content (AvgIpc) is 1.82. The molecule has 0 aliphatic rings. The molecule has 0 amide bonds. The Balaban J connectivity index is 3.45. The van der Waals surface area contributed by atoms with Gasteiger partial charge < -0.3 is 0 Å². The molecule has 3 nitrogen and oxygen atoms in total. The minimum atomic E-state index is -0.773. The zero-order chi connectivity index (χ0) is 8.85. The molecule has 0 unspecified atom stereocenters. The van der Waals surface area contributed by atoms with E-state index in [4.69, 9.17) is 9.84 Å². The van der Waals surface area contributed by atoms with E-state index in [9.17, 15) is 4.79 Å². The standard InChI is InChI=1S/C6H10O3Se2/c1-4(2)9-6(10)11-3-5(7)8/h4H,3H2,1-2H3,(H,7,8). The van der Waals surface area contributed by atoms with Crippen LogP contribution < -0.4 is 0 Å². The molecular formula is C6H10O3Se2. The summed E-state index contributed by atoms with van der Waals surface area (Å²) < 4.78 is 5.96. The van der Waals surface area contributed by atoms with Crippen molar-refractivity contribution in [3.8, 4) is 0 Å². The zero-order valence-corrected chi connectivity index (χ0v) is 9.79. The van der Waals surface area contributed by atoms with E-state index in [2.05, 4.69) is 15.6 Å². The minimum absolute atomic E-state index is 0.0733. The van der Waals surface area contributed by atoms with Crippen molar-refractivity contribution in [2.24, 2.45) is 0 Å². The quantitative estimate of drug-likeness (QED) is 0.717. The third-order valence-electron chi connectivity index (χ3n) is 0.645. The number of hydrogen-bond acceptors (Lipinski definition) is 2. The van der Waals surface area contributed by atoms with Crippen molar-refractivity contribution in [1.29, 1.82) is 0 Å². The van der Waals surface area contributed by atoms with Crippen LogP contribution in [-0.4, -0.2) is 51.2 Å². The van der Waals surface area contributed by atoms with Gasteiger partial charge in [0.1, 0.15) is 0 Å². The van der Waals surface area contributed by atoms with Gasteiger partial charge in [-0.3, -0.25) is 0 Å². The van der Waals surface area contributed by atoms with Crippen LogP contribution in [0.25, 0.3) is 0 Å². The first-order valence-electron chi connectivity index (χ1n) is 3.07. The van der Waals surface area contributed by atoms with E-state index in [-0.39, 0.29) is 26.4 Å².